The van der Waals surface area contributed by atoms with Crippen molar-refractivity contribution in [1.82, 2.24) is 10.2 Å². The first-order valence-electron chi connectivity index (χ1n) is 11.5. The standard InChI is InChI=1S/C27H31ClN2O2S/c28-24-11-9-23(10-12-24)27(32)14-17-30(18-15-27)16-5-13-26(20-29-21-31,25-8-4-19-33-25)22-6-2-1-3-7-22/h1-4,6-12,19,21,32H,5,13-18,20H2,(H,29,31). The summed E-state index contributed by atoms with van der Waals surface area (Å²) in [6.45, 7) is 3.28. The Morgan fingerprint density at radius 1 is 1.06 bits per heavy atom. The van der Waals surface area contributed by atoms with Gasteiger partial charge in [-0.15, -0.1) is 11.3 Å². The summed E-state index contributed by atoms with van der Waals surface area (Å²) >= 11 is 7.76. The summed E-state index contributed by atoms with van der Waals surface area (Å²) in [4.78, 5) is 14.9. The van der Waals surface area contributed by atoms with Crippen molar-refractivity contribution in [3.8, 4) is 0 Å². The highest BCUT2D eigenvalue weighted by Gasteiger charge is 2.36. The second kappa shape index (κ2) is 10.8. The Balaban J connectivity index is 1.42. The van der Waals surface area contributed by atoms with Crippen LogP contribution in [0.2, 0.25) is 5.02 Å². The summed E-state index contributed by atoms with van der Waals surface area (Å²) in [6, 6.07) is 22.3. The summed E-state index contributed by atoms with van der Waals surface area (Å²) < 4.78 is 0. The molecule has 4 nitrogen and oxygen atoms in total. The van der Waals surface area contributed by atoms with Crippen LogP contribution in [-0.4, -0.2) is 42.6 Å². The Bertz CT molecular complexity index is 1000. The summed E-state index contributed by atoms with van der Waals surface area (Å²) in [5.41, 5.74) is 1.17. The van der Waals surface area contributed by atoms with Crippen LogP contribution in [-0.2, 0) is 15.8 Å². The second-order valence-electron chi connectivity index (χ2n) is 8.91. The molecule has 1 saturated heterocycles. The van der Waals surface area contributed by atoms with Gasteiger partial charge in [-0.1, -0.05) is 60.1 Å². The molecular weight excluding hydrogens is 452 g/mol. The smallest absolute Gasteiger partial charge is 0.207 e. The van der Waals surface area contributed by atoms with Gasteiger partial charge in [-0.25, -0.2) is 0 Å². The molecule has 2 heterocycles. The molecule has 2 aromatic carbocycles. The fourth-order valence-corrected chi connectivity index (χ4v) is 6.12. The number of benzene rings is 2. The highest BCUT2D eigenvalue weighted by atomic mass is 35.5. The lowest BCUT2D eigenvalue weighted by Gasteiger charge is -2.39. The van der Waals surface area contributed by atoms with E-state index in [4.69, 9.17) is 11.6 Å². The van der Waals surface area contributed by atoms with Gasteiger partial charge in [0.05, 0.1) is 5.60 Å². The topological polar surface area (TPSA) is 52.6 Å². The van der Waals surface area contributed by atoms with Crippen LogP contribution < -0.4 is 5.32 Å². The molecule has 0 radical (unpaired) electrons. The van der Waals surface area contributed by atoms with E-state index < -0.39 is 5.60 Å². The van der Waals surface area contributed by atoms with Crippen LogP contribution in [0.1, 0.15) is 41.7 Å². The van der Waals surface area contributed by atoms with Gasteiger partial charge < -0.3 is 15.3 Å². The number of nitrogens with one attached hydrogen (secondary N) is 1. The molecule has 1 atom stereocenters. The molecule has 6 heteroatoms. The van der Waals surface area contributed by atoms with E-state index >= 15 is 0 Å². The van der Waals surface area contributed by atoms with Gasteiger partial charge in [-0.05, 0) is 66.9 Å². The Labute approximate surface area is 205 Å². The number of carbonyl (C=O) groups is 1. The largest absolute Gasteiger partial charge is 0.385 e. The molecule has 0 bridgehead atoms. The molecule has 1 aromatic heterocycles. The first-order chi connectivity index (χ1) is 16.1. The lowest BCUT2D eigenvalue weighted by Crippen LogP contribution is -2.43. The summed E-state index contributed by atoms with van der Waals surface area (Å²) in [6.07, 6.45) is 4.18. The van der Waals surface area contributed by atoms with E-state index in [1.54, 1.807) is 11.3 Å². The summed E-state index contributed by atoms with van der Waals surface area (Å²) in [5.74, 6) is 0. The van der Waals surface area contributed by atoms with Crippen molar-refractivity contribution in [2.45, 2.75) is 36.7 Å². The highest BCUT2D eigenvalue weighted by molar-refractivity contribution is 7.10. The number of piperidine rings is 1. The van der Waals surface area contributed by atoms with Crippen LogP contribution in [0.5, 0.6) is 0 Å². The number of carbonyl (C=O) groups excluding carboxylic acids is 1. The third-order valence-corrected chi connectivity index (χ3v) is 8.28. The maximum absolute atomic E-state index is 11.2. The predicted octanol–water partition coefficient (Wildman–Crippen LogP) is 5.20. The maximum Gasteiger partial charge on any atom is 0.207 e. The Hall–Kier alpha value is -2.18. The number of hydrogen-bond donors (Lipinski definition) is 2. The average molecular weight is 483 g/mol. The lowest BCUT2D eigenvalue weighted by atomic mass is 9.75. The van der Waals surface area contributed by atoms with Gasteiger partial charge in [-0.3, -0.25) is 4.79 Å². The van der Waals surface area contributed by atoms with Crippen molar-refractivity contribution in [1.29, 1.82) is 0 Å². The zero-order chi connectivity index (χ0) is 23.2. The van der Waals surface area contributed by atoms with Crippen molar-refractivity contribution >= 4 is 29.3 Å². The predicted molar refractivity (Wildman–Crippen MR) is 136 cm³/mol. The molecule has 1 unspecified atom stereocenters. The molecule has 2 N–H and O–H groups in total. The number of thiophene rings is 1. The van der Waals surface area contributed by atoms with Crippen molar-refractivity contribution in [3.63, 3.8) is 0 Å². The minimum atomic E-state index is -0.778. The number of nitrogens with zero attached hydrogens (tertiary/aromatic N) is 1. The molecule has 3 aromatic rings. The van der Waals surface area contributed by atoms with Gasteiger partial charge in [0.15, 0.2) is 0 Å². The minimum Gasteiger partial charge on any atom is -0.385 e. The summed E-state index contributed by atoms with van der Waals surface area (Å²) in [5, 5.41) is 16.9. The van der Waals surface area contributed by atoms with Crippen LogP contribution in [0.15, 0.2) is 72.1 Å². The van der Waals surface area contributed by atoms with E-state index in [0.717, 1.165) is 57.3 Å². The van der Waals surface area contributed by atoms with Crippen LogP contribution in [0, 0.1) is 0 Å². The van der Waals surface area contributed by atoms with Gasteiger partial charge in [0.25, 0.3) is 0 Å². The molecule has 33 heavy (non-hydrogen) atoms. The zero-order valence-corrected chi connectivity index (χ0v) is 20.3. The maximum atomic E-state index is 11.2. The fourth-order valence-electron chi connectivity index (χ4n) is 5.01. The number of likely N-dealkylation sites (tertiary alicyclic amines) is 1. The lowest BCUT2D eigenvalue weighted by molar-refractivity contribution is -0.109. The Kier molecular flexibility index (Phi) is 7.86. The van der Waals surface area contributed by atoms with Crippen LogP contribution in [0.4, 0.5) is 0 Å². The van der Waals surface area contributed by atoms with E-state index in [-0.39, 0.29) is 5.41 Å². The van der Waals surface area contributed by atoms with E-state index in [1.807, 2.05) is 30.3 Å². The molecule has 1 aliphatic heterocycles. The number of aliphatic hydroxyl groups is 1. The Morgan fingerprint density at radius 2 is 1.79 bits per heavy atom. The van der Waals surface area contributed by atoms with Gasteiger partial charge in [0.2, 0.25) is 6.41 Å². The van der Waals surface area contributed by atoms with Crippen molar-refractivity contribution in [3.05, 3.63) is 93.1 Å². The van der Waals surface area contributed by atoms with Gasteiger partial charge in [-0.2, -0.15) is 0 Å². The molecule has 0 aliphatic carbocycles. The van der Waals surface area contributed by atoms with Gasteiger partial charge >= 0.3 is 0 Å². The molecule has 0 saturated carbocycles. The van der Waals surface area contributed by atoms with E-state index in [0.29, 0.717) is 11.6 Å². The van der Waals surface area contributed by atoms with Crippen LogP contribution >= 0.6 is 22.9 Å². The van der Waals surface area contributed by atoms with E-state index in [9.17, 15) is 9.90 Å². The normalized spacial score (nSPS) is 17.9. The Morgan fingerprint density at radius 3 is 2.42 bits per heavy atom. The molecule has 4 rings (SSSR count). The molecule has 0 spiro atoms. The first kappa shape index (κ1) is 24.0. The average Bonchev–Trinajstić information content (AvgIpc) is 3.39. The fraction of sp³-hybridized carbons (Fsp3) is 0.370. The molecule has 1 aliphatic rings. The van der Waals surface area contributed by atoms with Gasteiger partial charge in [0, 0.05) is 34.9 Å². The van der Waals surface area contributed by atoms with E-state index in [1.165, 1.54) is 10.4 Å². The summed E-state index contributed by atoms with van der Waals surface area (Å²) in [7, 11) is 0. The third kappa shape index (κ3) is 5.49. The van der Waals surface area contributed by atoms with Gasteiger partial charge in [0.1, 0.15) is 0 Å². The number of amides is 1. The molecule has 1 amide bonds. The number of hydrogen-bond acceptors (Lipinski definition) is 4. The molecule has 174 valence electrons. The van der Waals surface area contributed by atoms with Crippen LogP contribution in [0.3, 0.4) is 0 Å². The first-order valence-corrected chi connectivity index (χ1v) is 12.8. The molecular formula is C27H31ClN2O2S. The van der Waals surface area contributed by atoms with Crippen molar-refractivity contribution < 1.29 is 9.90 Å². The second-order valence-corrected chi connectivity index (χ2v) is 10.3. The highest BCUT2D eigenvalue weighted by Crippen LogP contribution is 2.39. The molecule has 1 fully saturated rings. The number of halogens is 1. The van der Waals surface area contributed by atoms with Crippen molar-refractivity contribution in [2.75, 3.05) is 26.2 Å². The monoisotopic (exact) mass is 482 g/mol. The zero-order valence-electron chi connectivity index (χ0n) is 18.8. The van der Waals surface area contributed by atoms with Crippen LogP contribution in [0.25, 0.3) is 0 Å². The number of rotatable bonds is 10. The minimum absolute atomic E-state index is 0.240. The van der Waals surface area contributed by atoms with Crippen molar-refractivity contribution in [2.24, 2.45) is 0 Å². The SMILES string of the molecule is O=CNCC(CCCN1CCC(O)(c2ccc(Cl)cc2)CC1)(c1ccccc1)c1cccs1. The van der Waals surface area contributed by atoms with E-state index in [2.05, 4.69) is 52.0 Å². The quantitative estimate of drug-likeness (QED) is 0.390. The third-order valence-electron chi connectivity index (χ3n) is 6.95.